The Morgan fingerprint density at radius 2 is 1.88 bits per heavy atom. The van der Waals surface area contributed by atoms with E-state index in [1.807, 2.05) is 6.92 Å². The van der Waals surface area contributed by atoms with Crippen LogP contribution < -0.4 is 10.1 Å². The lowest BCUT2D eigenvalue weighted by Crippen LogP contribution is -2.44. The Labute approximate surface area is 150 Å². The van der Waals surface area contributed by atoms with Crippen molar-refractivity contribution in [3.63, 3.8) is 0 Å². The average Bonchev–Trinajstić information content (AvgIpc) is 2.62. The van der Waals surface area contributed by atoms with Gasteiger partial charge in [0.2, 0.25) is 15.9 Å². The number of sulfonamides is 1. The van der Waals surface area contributed by atoms with E-state index in [-0.39, 0.29) is 22.8 Å². The van der Waals surface area contributed by atoms with Crippen molar-refractivity contribution in [3.8, 4) is 5.75 Å². The summed E-state index contributed by atoms with van der Waals surface area (Å²) in [4.78, 5) is 12.5. The van der Waals surface area contributed by atoms with Crippen LogP contribution in [0.15, 0.2) is 29.2 Å². The molecule has 25 heavy (non-hydrogen) atoms. The smallest absolute Gasteiger partial charge is 0.243 e. The lowest BCUT2D eigenvalue weighted by atomic mass is 9.96. The molecular weight excluding hydrogens is 340 g/mol. The van der Waals surface area contributed by atoms with E-state index in [1.54, 1.807) is 31.4 Å². The number of rotatable bonds is 7. The van der Waals surface area contributed by atoms with Crippen LogP contribution in [0.5, 0.6) is 5.75 Å². The van der Waals surface area contributed by atoms with E-state index in [2.05, 4.69) is 12.2 Å². The van der Waals surface area contributed by atoms with E-state index in [0.29, 0.717) is 31.7 Å². The van der Waals surface area contributed by atoms with E-state index in [4.69, 9.17) is 4.74 Å². The molecule has 1 aliphatic heterocycles. The zero-order chi connectivity index (χ0) is 18.4. The highest BCUT2D eigenvalue weighted by molar-refractivity contribution is 7.89. The van der Waals surface area contributed by atoms with Gasteiger partial charge in [0, 0.05) is 25.0 Å². The number of carbonyl (C=O) groups is 1. The van der Waals surface area contributed by atoms with Gasteiger partial charge in [0.25, 0.3) is 0 Å². The van der Waals surface area contributed by atoms with Crippen LogP contribution in [0.25, 0.3) is 0 Å². The summed E-state index contributed by atoms with van der Waals surface area (Å²) >= 11 is 0. The van der Waals surface area contributed by atoms with Crippen molar-refractivity contribution in [1.29, 1.82) is 0 Å². The van der Waals surface area contributed by atoms with Crippen molar-refractivity contribution in [1.82, 2.24) is 9.62 Å². The van der Waals surface area contributed by atoms with Crippen molar-refractivity contribution >= 4 is 15.9 Å². The van der Waals surface area contributed by atoms with Gasteiger partial charge >= 0.3 is 0 Å². The van der Waals surface area contributed by atoms with Gasteiger partial charge in [0.1, 0.15) is 5.75 Å². The van der Waals surface area contributed by atoms with Crippen LogP contribution >= 0.6 is 0 Å². The predicted molar refractivity (Wildman–Crippen MR) is 97.0 cm³/mol. The van der Waals surface area contributed by atoms with Crippen LogP contribution in [0.1, 0.15) is 39.5 Å². The minimum Gasteiger partial charge on any atom is -0.497 e. The Morgan fingerprint density at radius 1 is 1.28 bits per heavy atom. The standard InChI is InChI=1S/C18H28N2O4S/c1-4-5-14(2)19-18(21)15-10-12-20(13-11-15)25(22,23)17-8-6-16(24-3)7-9-17/h6-9,14-15H,4-5,10-13H2,1-3H3,(H,19,21)/t14-/m1/s1. The van der Waals surface area contributed by atoms with Gasteiger partial charge in [-0.25, -0.2) is 8.42 Å². The molecule has 1 fully saturated rings. The van der Waals surface area contributed by atoms with E-state index in [9.17, 15) is 13.2 Å². The molecule has 0 radical (unpaired) electrons. The second-order valence-electron chi connectivity index (χ2n) is 6.55. The van der Waals surface area contributed by atoms with Crippen LogP contribution in [0.3, 0.4) is 0 Å². The first-order valence-corrected chi connectivity index (χ1v) is 10.3. The van der Waals surface area contributed by atoms with Crippen molar-refractivity contribution in [2.45, 2.75) is 50.5 Å². The number of benzene rings is 1. The molecule has 0 unspecified atom stereocenters. The summed E-state index contributed by atoms with van der Waals surface area (Å²) in [5.74, 6) is 0.555. The van der Waals surface area contributed by atoms with Gasteiger partial charge in [-0.05, 0) is 50.5 Å². The molecule has 0 spiro atoms. The largest absolute Gasteiger partial charge is 0.497 e. The quantitative estimate of drug-likeness (QED) is 0.802. The predicted octanol–water partition coefficient (Wildman–Crippen LogP) is 2.40. The zero-order valence-corrected chi connectivity index (χ0v) is 16.0. The average molecular weight is 368 g/mol. The summed E-state index contributed by atoms with van der Waals surface area (Å²) in [6.45, 7) is 4.83. The Morgan fingerprint density at radius 3 is 2.40 bits per heavy atom. The summed E-state index contributed by atoms with van der Waals surface area (Å²) in [7, 11) is -1.98. The molecule has 1 aromatic rings. The van der Waals surface area contributed by atoms with Gasteiger partial charge in [-0.15, -0.1) is 0 Å². The molecule has 0 saturated carbocycles. The molecule has 1 aliphatic rings. The second-order valence-corrected chi connectivity index (χ2v) is 8.49. The minimum atomic E-state index is -3.52. The Kier molecular flexibility index (Phi) is 6.84. The van der Waals surface area contributed by atoms with Gasteiger partial charge in [0.15, 0.2) is 0 Å². The van der Waals surface area contributed by atoms with Crippen molar-refractivity contribution in [2.24, 2.45) is 5.92 Å². The maximum absolute atomic E-state index is 12.7. The van der Waals surface area contributed by atoms with Gasteiger partial charge in [-0.2, -0.15) is 4.31 Å². The topological polar surface area (TPSA) is 75.7 Å². The minimum absolute atomic E-state index is 0.0439. The Hall–Kier alpha value is -1.60. The summed E-state index contributed by atoms with van der Waals surface area (Å²) in [6.07, 6.45) is 3.09. The van der Waals surface area contributed by atoms with Gasteiger partial charge in [0.05, 0.1) is 12.0 Å². The maximum atomic E-state index is 12.7. The molecule has 1 heterocycles. The van der Waals surface area contributed by atoms with Crippen molar-refractivity contribution < 1.29 is 17.9 Å². The van der Waals surface area contributed by atoms with E-state index >= 15 is 0 Å². The van der Waals surface area contributed by atoms with E-state index in [0.717, 1.165) is 12.8 Å². The molecule has 0 aromatic heterocycles. The molecule has 2 rings (SSSR count). The van der Waals surface area contributed by atoms with Gasteiger partial charge < -0.3 is 10.1 Å². The third-order valence-electron chi connectivity index (χ3n) is 4.63. The summed E-state index contributed by atoms with van der Waals surface area (Å²) < 4.78 is 32.0. The fourth-order valence-electron chi connectivity index (χ4n) is 3.12. The van der Waals surface area contributed by atoms with E-state index < -0.39 is 10.0 Å². The molecule has 6 nitrogen and oxygen atoms in total. The molecule has 0 aliphatic carbocycles. The number of amides is 1. The van der Waals surface area contributed by atoms with Crippen molar-refractivity contribution in [2.75, 3.05) is 20.2 Å². The fraction of sp³-hybridized carbons (Fsp3) is 0.611. The number of nitrogens with zero attached hydrogens (tertiary/aromatic N) is 1. The molecule has 1 amide bonds. The highest BCUT2D eigenvalue weighted by Crippen LogP contribution is 2.25. The SMILES string of the molecule is CCC[C@@H](C)NC(=O)C1CCN(S(=O)(=O)c2ccc(OC)cc2)CC1. The van der Waals surface area contributed by atoms with Crippen LogP contribution in [-0.2, 0) is 14.8 Å². The lowest BCUT2D eigenvalue weighted by Gasteiger charge is -2.31. The molecule has 1 N–H and O–H groups in total. The highest BCUT2D eigenvalue weighted by Gasteiger charge is 2.32. The number of hydrogen-bond donors (Lipinski definition) is 1. The van der Waals surface area contributed by atoms with Crippen LogP contribution in [0.2, 0.25) is 0 Å². The fourth-order valence-corrected chi connectivity index (χ4v) is 4.59. The Balaban J connectivity index is 1.95. The number of methoxy groups -OCH3 is 1. The zero-order valence-electron chi connectivity index (χ0n) is 15.2. The second kappa shape index (κ2) is 8.67. The third-order valence-corrected chi connectivity index (χ3v) is 6.55. The maximum Gasteiger partial charge on any atom is 0.243 e. The number of ether oxygens (including phenoxy) is 1. The summed E-state index contributed by atoms with van der Waals surface area (Å²) in [5.41, 5.74) is 0. The number of hydrogen-bond acceptors (Lipinski definition) is 4. The molecule has 140 valence electrons. The van der Waals surface area contributed by atoms with Crippen molar-refractivity contribution in [3.05, 3.63) is 24.3 Å². The Bertz CT molecular complexity index is 665. The van der Waals surface area contributed by atoms with Gasteiger partial charge in [-0.1, -0.05) is 13.3 Å². The third kappa shape index (κ3) is 4.95. The van der Waals surface area contributed by atoms with E-state index in [1.165, 1.54) is 4.31 Å². The first kappa shape index (κ1) is 19.7. The number of piperidine rings is 1. The van der Waals surface area contributed by atoms with Crippen LogP contribution in [0, 0.1) is 5.92 Å². The summed E-state index contributed by atoms with van der Waals surface area (Å²) in [6, 6.07) is 6.56. The van der Waals surface area contributed by atoms with Crippen LogP contribution in [-0.4, -0.2) is 44.9 Å². The normalized spacial score (nSPS) is 17.9. The summed E-state index contributed by atoms with van der Waals surface area (Å²) in [5, 5.41) is 3.03. The lowest BCUT2D eigenvalue weighted by molar-refractivity contribution is -0.126. The highest BCUT2D eigenvalue weighted by atomic mass is 32.2. The number of carbonyl (C=O) groups excluding carboxylic acids is 1. The molecule has 1 atom stereocenters. The molecule has 1 saturated heterocycles. The molecular formula is C18H28N2O4S. The first-order valence-electron chi connectivity index (χ1n) is 8.83. The molecule has 0 bridgehead atoms. The van der Waals surface area contributed by atoms with Crippen LogP contribution in [0.4, 0.5) is 0 Å². The first-order chi connectivity index (χ1) is 11.9. The van der Waals surface area contributed by atoms with Gasteiger partial charge in [-0.3, -0.25) is 4.79 Å². The monoisotopic (exact) mass is 368 g/mol. The molecule has 7 heteroatoms. The number of nitrogens with one attached hydrogen (secondary N) is 1. The molecule has 1 aromatic carbocycles.